The highest BCUT2D eigenvalue weighted by Gasteiger charge is 2.26. The Balaban J connectivity index is 0. The lowest BCUT2D eigenvalue weighted by Gasteiger charge is -2.24. The zero-order valence-corrected chi connectivity index (χ0v) is 13.0. The highest BCUT2D eigenvalue weighted by Crippen LogP contribution is 2.13. The molecule has 0 aliphatic rings. The van der Waals surface area contributed by atoms with Crippen molar-refractivity contribution < 1.29 is 4.79 Å². The van der Waals surface area contributed by atoms with E-state index in [9.17, 15) is 4.79 Å². The number of nitrogens with one attached hydrogen (secondary N) is 3. The summed E-state index contributed by atoms with van der Waals surface area (Å²) in [6.07, 6.45) is 0. The van der Waals surface area contributed by atoms with Crippen LogP contribution in [-0.2, 0) is 4.79 Å². The number of carbonyl (C=O) groups excluding carboxylic acids is 1. The molecule has 0 heterocycles. The van der Waals surface area contributed by atoms with E-state index in [-0.39, 0.29) is 29.9 Å². The average Bonchev–Trinajstić information content (AvgIpc) is 2.19. The molecule has 0 bridgehead atoms. The average molecular weight is 342 g/mol. The molecule has 0 fully saturated rings. The zero-order valence-electron chi connectivity index (χ0n) is 10.7. The van der Waals surface area contributed by atoms with E-state index in [0.29, 0.717) is 19.0 Å². The van der Waals surface area contributed by atoms with Crippen molar-refractivity contribution in [2.24, 2.45) is 10.4 Å². The first-order valence-corrected chi connectivity index (χ1v) is 5.14. The van der Waals surface area contributed by atoms with Crippen molar-refractivity contribution in [2.45, 2.75) is 20.8 Å². The maximum atomic E-state index is 11.6. The molecule has 5 nitrogen and oxygen atoms in total. The molecule has 16 heavy (non-hydrogen) atoms. The monoisotopic (exact) mass is 342 g/mol. The minimum Gasteiger partial charge on any atom is -0.359 e. The van der Waals surface area contributed by atoms with Crippen molar-refractivity contribution in [3.05, 3.63) is 0 Å². The van der Waals surface area contributed by atoms with Crippen molar-refractivity contribution in [1.82, 2.24) is 16.0 Å². The number of hydrogen-bond donors (Lipinski definition) is 3. The highest BCUT2D eigenvalue weighted by atomic mass is 127. The largest absolute Gasteiger partial charge is 0.359 e. The summed E-state index contributed by atoms with van der Waals surface area (Å²) in [5.74, 6) is 0.733. The van der Waals surface area contributed by atoms with Gasteiger partial charge in [0.2, 0.25) is 5.91 Å². The fourth-order valence-corrected chi connectivity index (χ4v) is 1.06. The zero-order chi connectivity index (χ0) is 11.9. The second-order valence-electron chi connectivity index (χ2n) is 3.92. The van der Waals surface area contributed by atoms with E-state index in [4.69, 9.17) is 0 Å². The van der Waals surface area contributed by atoms with E-state index in [1.165, 1.54) is 0 Å². The Kier molecular flexibility index (Phi) is 9.60. The van der Waals surface area contributed by atoms with E-state index < -0.39 is 5.41 Å². The molecule has 6 heteroatoms. The number of nitrogens with zero attached hydrogens (tertiary/aromatic N) is 1. The minimum atomic E-state index is -0.442. The van der Waals surface area contributed by atoms with Gasteiger partial charge in [-0.25, -0.2) is 0 Å². The first-order valence-electron chi connectivity index (χ1n) is 5.14. The van der Waals surface area contributed by atoms with Crippen LogP contribution in [0.2, 0.25) is 0 Å². The fraction of sp³-hybridized carbons (Fsp3) is 0.800. The summed E-state index contributed by atoms with van der Waals surface area (Å²) < 4.78 is 0. The SMILES string of the molecule is CCNC(=O)C(C)(C)CNC(=NC)NC.I. The molecule has 0 saturated heterocycles. The lowest BCUT2D eigenvalue weighted by atomic mass is 9.92. The Hall–Kier alpha value is -0.530. The van der Waals surface area contributed by atoms with Crippen molar-refractivity contribution in [1.29, 1.82) is 0 Å². The Morgan fingerprint density at radius 3 is 2.25 bits per heavy atom. The van der Waals surface area contributed by atoms with Gasteiger partial charge < -0.3 is 16.0 Å². The van der Waals surface area contributed by atoms with Gasteiger partial charge in [0.15, 0.2) is 5.96 Å². The van der Waals surface area contributed by atoms with Crippen LogP contribution >= 0.6 is 24.0 Å². The van der Waals surface area contributed by atoms with E-state index in [1.807, 2.05) is 20.8 Å². The van der Waals surface area contributed by atoms with Gasteiger partial charge in [-0.3, -0.25) is 9.79 Å². The topological polar surface area (TPSA) is 65.5 Å². The van der Waals surface area contributed by atoms with Crippen LogP contribution in [0.3, 0.4) is 0 Å². The number of hydrogen-bond acceptors (Lipinski definition) is 2. The third kappa shape index (κ3) is 6.14. The summed E-state index contributed by atoms with van der Waals surface area (Å²) in [7, 11) is 3.48. The molecule has 3 N–H and O–H groups in total. The molecule has 0 saturated carbocycles. The van der Waals surface area contributed by atoms with Gasteiger partial charge in [0.05, 0.1) is 5.41 Å². The van der Waals surface area contributed by atoms with Crippen LogP contribution in [0, 0.1) is 5.41 Å². The third-order valence-corrected chi connectivity index (χ3v) is 2.11. The Labute approximate surface area is 115 Å². The molecule has 0 unspecified atom stereocenters. The van der Waals surface area contributed by atoms with Crippen LogP contribution in [0.5, 0.6) is 0 Å². The van der Waals surface area contributed by atoms with Gasteiger partial charge in [-0.05, 0) is 20.8 Å². The van der Waals surface area contributed by atoms with Crippen molar-refractivity contribution >= 4 is 35.8 Å². The first-order chi connectivity index (χ1) is 6.97. The van der Waals surface area contributed by atoms with E-state index in [0.717, 1.165) is 0 Å². The summed E-state index contributed by atoms with van der Waals surface area (Å²) in [5, 5.41) is 8.79. The normalized spacial score (nSPS) is 11.4. The molecular weight excluding hydrogens is 319 g/mol. The molecule has 1 amide bonds. The second kappa shape index (κ2) is 8.60. The van der Waals surface area contributed by atoms with Crippen LogP contribution < -0.4 is 16.0 Å². The first kappa shape index (κ1) is 17.9. The van der Waals surface area contributed by atoms with Gasteiger partial charge >= 0.3 is 0 Å². The lowest BCUT2D eigenvalue weighted by Crippen LogP contribution is -2.47. The lowest BCUT2D eigenvalue weighted by molar-refractivity contribution is -0.128. The van der Waals surface area contributed by atoms with Gasteiger partial charge in [-0.15, -0.1) is 24.0 Å². The molecule has 0 atom stereocenters. The smallest absolute Gasteiger partial charge is 0.227 e. The molecule has 0 aromatic rings. The maximum Gasteiger partial charge on any atom is 0.227 e. The summed E-state index contributed by atoms with van der Waals surface area (Å²) in [6, 6.07) is 0. The van der Waals surface area contributed by atoms with Crippen molar-refractivity contribution in [3.8, 4) is 0 Å². The van der Waals surface area contributed by atoms with Gasteiger partial charge in [0.25, 0.3) is 0 Å². The minimum absolute atomic E-state index is 0. The van der Waals surface area contributed by atoms with Crippen LogP contribution in [0.1, 0.15) is 20.8 Å². The molecule has 0 aliphatic heterocycles. The second-order valence-corrected chi connectivity index (χ2v) is 3.92. The Morgan fingerprint density at radius 1 is 1.31 bits per heavy atom. The predicted octanol–water partition coefficient (Wildman–Crippen LogP) is 0.561. The van der Waals surface area contributed by atoms with Crippen molar-refractivity contribution in [3.63, 3.8) is 0 Å². The molecule has 0 spiro atoms. The molecule has 0 aliphatic carbocycles. The molecule has 0 aromatic carbocycles. The summed E-state index contributed by atoms with van der Waals surface area (Å²) >= 11 is 0. The van der Waals surface area contributed by atoms with Crippen LogP contribution in [0.25, 0.3) is 0 Å². The van der Waals surface area contributed by atoms with Crippen LogP contribution in [-0.4, -0.2) is 39.1 Å². The molecule has 96 valence electrons. The number of rotatable bonds is 4. The molecule has 0 aromatic heterocycles. The Bertz CT molecular complexity index is 241. The van der Waals surface area contributed by atoms with Gasteiger partial charge in [-0.1, -0.05) is 0 Å². The number of halogens is 1. The number of carbonyl (C=O) groups is 1. The Morgan fingerprint density at radius 2 is 1.88 bits per heavy atom. The third-order valence-electron chi connectivity index (χ3n) is 2.11. The highest BCUT2D eigenvalue weighted by molar-refractivity contribution is 14.0. The molecular formula is C10H23IN4O. The van der Waals surface area contributed by atoms with Gasteiger partial charge in [0, 0.05) is 27.2 Å². The van der Waals surface area contributed by atoms with Gasteiger partial charge in [0.1, 0.15) is 0 Å². The number of guanidine groups is 1. The molecule has 0 rings (SSSR count). The predicted molar refractivity (Wildman–Crippen MR) is 78.3 cm³/mol. The standard InChI is InChI=1S/C10H22N4O.HI/c1-6-13-8(15)10(2,3)7-14-9(11-4)12-5;/h6-7H2,1-5H3,(H,13,15)(H2,11,12,14);1H. The quantitative estimate of drug-likeness (QED) is 0.397. The summed E-state index contributed by atoms with van der Waals surface area (Å²) in [5.41, 5.74) is -0.442. The summed E-state index contributed by atoms with van der Waals surface area (Å²) in [4.78, 5) is 15.6. The maximum absolute atomic E-state index is 11.6. The van der Waals surface area contributed by atoms with E-state index >= 15 is 0 Å². The van der Waals surface area contributed by atoms with Crippen molar-refractivity contribution in [2.75, 3.05) is 27.2 Å². The summed E-state index contributed by atoms with van der Waals surface area (Å²) in [6.45, 7) is 6.91. The molecule has 0 radical (unpaired) electrons. The van der Waals surface area contributed by atoms with E-state index in [2.05, 4.69) is 20.9 Å². The fourth-order valence-electron chi connectivity index (χ4n) is 1.06. The van der Waals surface area contributed by atoms with Crippen LogP contribution in [0.4, 0.5) is 0 Å². The van der Waals surface area contributed by atoms with E-state index in [1.54, 1.807) is 14.1 Å². The number of aliphatic imine (C=N–C) groups is 1. The van der Waals surface area contributed by atoms with Gasteiger partial charge in [-0.2, -0.15) is 0 Å². The van der Waals surface area contributed by atoms with Crippen LogP contribution in [0.15, 0.2) is 4.99 Å². The number of amides is 1.